The summed E-state index contributed by atoms with van der Waals surface area (Å²) >= 11 is 0.676. The molecular formula is C8H11N3O5S2. The molecule has 1 rings (SSSR count). The first kappa shape index (κ1) is 14.5. The molecule has 8 nitrogen and oxygen atoms in total. The Labute approximate surface area is 107 Å². The molecule has 0 aliphatic heterocycles. The number of amides is 1. The van der Waals surface area contributed by atoms with Crippen molar-refractivity contribution in [2.24, 2.45) is 0 Å². The summed E-state index contributed by atoms with van der Waals surface area (Å²) in [6.45, 7) is 1.62. The summed E-state index contributed by atoms with van der Waals surface area (Å²) in [5, 5.41) is 11.2. The lowest BCUT2D eigenvalue weighted by atomic mass is 10.5. The van der Waals surface area contributed by atoms with Crippen molar-refractivity contribution in [2.45, 2.75) is 11.1 Å². The van der Waals surface area contributed by atoms with Crippen LogP contribution in [0.15, 0.2) is 9.72 Å². The van der Waals surface area contributed by atoms with Crippen LogP contribution in [0, 0.1) is 0 Å². The highest BCUT2D eigenvalue weighted by molar-refractivity contribution is 7.91. The molecule has 100 valence electrons. The van der Waals surface area contributed by atoms with Gasteiger partial charge in [-0.05, 0) is 6.92 Å². The molecule has 18 heavy (non-hydrogen) atoms. The third kappa shape index (κ3) is 3.48. The number of nitrogens with zero attached hydrogens (tertiary/aromatic N) is 1. The lowest BCUT2D eigenvalue weighted by Crippen LogP contribution is -2.36. The topological polar surface area (TPSA) is 125 Å². The van der Waals surface area contributed by atoms with Crippen LogP contribution in [0.4, 0.5) is 0 Å². The Morgan fingerprint density at radius 3 is 2.72 bits per heavy atom. The van der Waals surface area contributed by atoms with Gasteiger partial charge in [0.1, 0.15) is 0 Å². The van der Waals surface area contributed by atoms with E-state index in [9.17, 15) is 18.0 Å². The van der Waals surface area contributed by atoms with Crippen LogP contribution in [-0.4, -0.2) is 43.5 Å². The molecule has 1 heterocycles. The second-order valence-electron chi connectivity index (χ2n) is 3.07. The Kier molecular flexibility index (Phi) is 4.76. The Balaban J connectivity index is 2.84. The molecule has 0 bridgehead atoms. The van der Waals surface area contributed by atoms with E-state index >= 15 is 0 Å². The minimum atomic E-state index is -4.04. The van der Waals surface area contributed by atoms with E-state index < -0.39 is 38.3 Å². The Morgan fingerprint density at radius 1 is 1.50 bits per heavy atom. The van der Waals surface area contributed by atoms with Crippen molar-refractivity contribution in [3.05, 3.63) is 11.2 Å². The van der Waals surface area contributed by atoms with Crippen LogP contribution in [0.2, 0.25) is 0 Å². The van der Waals surface area contributed by atoms with Crippen LogP contribution in [0.5, 0.6) is 0 Å². The maximum absolute atomic E-state index is 11.7. The van der Waals surface area contributed by atoms with Gasteiger partial charge in [0.05, 0.1) is 12.1 Å². The van der Waals surface area contributed by atoms with Crippen LogP contribution in [0.25, 0.3) is 0 Å². The molecule has 0 fully saturated rings. The Morgan fingerprint density at radius 2 is 2.17 bits per heavy atom. The minimum absolute atomic E-state index is 0.376. The van der Waals surface area contributed by atoms with Crippen molar-refractivity contribution >= 4 is 33.2 Å². The molecule has 10 heteroatoms. The normalized spacial score (nSPS) is 11.2. The van der Waals surface area contributed by atoms with E-state index in [1.54, 1.807) is 6.92 Å². The highest BCUT2D eigenvalue weighted by atomic mass is 32.2. The third-order valence-corrected chi connectivity index (χ3v) is 4.55. The smallest absolute Gasteiger partial charge is 0.356 e. The van der Waals surface area contributed by atoms with Gasteiger partial charge in [0, 0.05) is 6.54 Å². The second kappa shape index (κ2) is 5.89. The fourth-order valence-electron chi connectivity index (χ4n) is 1.05. The maximum Gasteiger partial charge on any atom is 0.356 e. The molecule has 0 saturated heterocycles. The average molecular weight is 293 g/mol. The van der Waals surface area contributed by atoms with E-state index in [4.69, 9.17) is 5.11 Å². The molecular weight excluding hydrogens is 282 g/mol. The zero-order chi connectivity index (χ0) is 13.8. The van der Waals surface area contributed by atoms with Crippen LogP contribution in [0.3, 0.4) is 0 Å². The average Bonchev–Trinajstić information content (AvgIpc) is 2.76. The molecule has 1 aromatic rings. The molecule has 0 aliphatic carbocycles. The second-order valence-corrected chi connectivity index (χ2v) is 5.89. The number of carboxylic acid groups (broad SMARTS) is 1. The predicted octanol–water partition coefficient (Wildman–Crippen LogP) is -0.744. The number of nitrogens with one attached hydrogen (secondary N) is 2. The van der Waals surface area contributed by atoms with Crippen molar-refractivity contribution in [3.63, 3.8) is 0 Å². The summed E-state index contributed by atoms with van der Waals surface area (Å²) in [4.78, 5) is 25.3. The molecule has 0 saturated carbocycles. The number of sulfonamides is 1. The summed E-state index contributed by atoms with van der Waals surface area (Å²) in [7, 11) is -4.04. The molecule has 0 atom stereocenters. The van der Waals surface area contributed by atoms with Crippen LogP contribution < -0.4 is 10.0 Å². The van der Waals surface area contributed by atoms with Crippen molar-refractivity contribution in [1.82, 2.24) is 15.0 Å². The van der Waals surface area contributed by atoms with Crippen LogP contribution in [-0.2, 0) is 14.8 Å². The van der Waals surface area contributed by atoms with E-state index in [0.717, 1.165) is 5.51 Å². The highest BCUT2D eigenvalue weighted by Gasteiger charge is 2.25. The molecule has 0 aliphatic rings. The molecule has 0 radical (unpaired) electrons. The minimum Gasteiger partial charge on any atom is -0.476 e. The van der Waals surface area contributed by atoms with Gasteiger partial charge in [-0.15, -0.1) is 11.3 Å². The van der Waals surface area contributed by atoms with Gasteiger partial charge in [0.15, 0.2) is 9.90 Å². The maximum atomic E-state index is 11.7. The molecule has 3 N–H and O–H groups in total. The number of carbonyl (C=O) groups excluding carboxylic acids is 1. The monoisotopic (exact) mass is 293 g/mol. The van der Waals surface area contributed by atoms with E-state index in [1.807, 2.05) is 4.72 Å². The number of thiazole rings is 1. The summed E-state index contributed by atoms with van der Waals surface area (Å²) in [5.74, 6) is -1.93. The largest absolute Gasteiger partial charge is 0.476 e. The number of likely N-dealkylation sites (N-methyl/N-ethyl adjacent to an activating group) is 1. The number of aromatic carboxylic acids is 1. The van der Waals surface area contributed by atoms with Gasteiger partial charge in [0.2, 0.25) is 5.91 Å². The van der Waals surface area contributed by atoms with E-state index in [0.29, 0.717) is 17.9 Å². The Hall–Kier alpha value is -1.52. The third-order valence-electron chi connectivity index (χ3n) is 1.78. The first-order chi connectivity index (χ1) is 8.38. The summed E-state index contributed by atoms with van der Waals surface area (Å²) in [6.07, 6.45) is 0. The van der Waals surface area contributed by atoms with Crippen molar-refractivity contribution in [3.8, 4) is 0 Å². The van der Waals surface area contributed by atoms with E-state index in [1.165, 1.54) is 0 Å². The van der Waals surface area contributed by atoms with Crippen molar-refractivity contribution in [1.29, 1.82) is 0 Å². The molecule has 1 aromatic heterocycles. The molecule has 0 aromatic carbocycles. The number of carboxylic acids is 1. The van der Waals surface area contributed by atoms with E-state index in [-0.39, 0.29) is 0 Å². The SMILES string of the molecule is CCNC(=O)CNS(=O)(=O)c1scnc1C(=O)O. The van der Waals surface area contributed by atoms with Gasteiger partial charge in [-0.2, -0.15) is 0 Å². The zero-order valence-electron chi connectivity index (χ0n) is 9.34. The van der Waals surface area contributed by atoms with Gasteiger partial charge >= 0.3 is 5.97 Å². The van der Waals surface area contributed by atoms with Gasteiger partial charge < -0.3 is 10.4 Å². The van der Waals surface area contributed by atoms with Gasteiger partial charge in [0.25, 0.3) is 10.0 Å². The Bertz CT molecular complexity index is 551. The van der Waals surface area contributed by atoms with Gasteiger partial charge in [-0.3, -0.25) is 4.79 Å². The lowest BCUT2D eigenvalue weighted by molar-refractivity contribution is -0.119. The van der Waals surface area contributed by atoms with Gasteiger partial charge in [-0.1, -0.05) is 0 Å². The first-order valence-corrected chi connectivity index (χ1v) is 7.18. The first-order valence-electron chi connectivity index (χ1n) is 4.81. The van der Waals surface area contributed by atoms with Crippen molar-refractivity contribution in [2.75, 3.05) is 13.1 Å². The standard InChI is InChI=1S/C8H11N3O5S2/c1-2-9-5(12)3-11-18(15,16)8-6(7(13)14)10-4-17-8/h4,11H,2-3H2,1H3,(H,9,12)(H,13,14). The number of hydrogen-bond acceptors (Lipinski definition) is 6. The van der Waals surface area contributed by atoms with E-state index in [2.05, 4.69) is 10.3 Å². The number of hydrogen-bond donors (Lipinski definition) is 3. The van der Waals surface area contributed by atoms with Crippen LogP contribution >= 0.6 is 11.3 Å². The quantitative estimate of drug-likeness (QED) is 0.634. The summed E-state index contributed by atoms with van der Waals surface area (Å²) in [5.41, 5.74) is 0.563. The van der Waals surface area contributed by atoms with Gasteiger partial charge in [-0.25, -0.2) is 22.9 Å². The van der Waals surface area contributed by atoms with Crippen LogP contribution in [0.1, 0.15) is 17.4 Å². The molecule has 1 amide bonds. The fourth-order valence-corrected chi connectivity index (χ4v) is 3.22. The highest BCUT2D eigenvalue weighted by Crippen LogP contribution is 2.19. The predicted molar refractivity (Wildman–Crippen MR) is 62.9 cm³/mol. The fraction of sp³-hybridized carbons (Fsp3) is 0.375. The molecule has 0 unspecified atom stereocenters. The number of aromatic nitrogens is 1. The van der Waals surface area contributed by atoms with Crippen molar-refractivity contribution < 1.29 is 23.1 Å². The summed E-state index contributed by atoms with van der Waals surface area (Å²) < 4.78 is 25.1. The lowest BCUT2D eigenvalue weighted by Gasteiger charge is -2.05. The summed E-state index contributed by atoms with van der Waals surface area (Å²) in [6, 6.07) is 0. The number of carbonyl (C=O) groups is 2. The zero-order valence-corrected chi connectivity index (χ0v) is 11.0. The molecule has 0 spiro atoms. The number of rotatable bonds is 6.